The fourth-order valence-corrected chi connectivity index (χ4v) is 3.29. The number of ether oxygens (including phenoxy) is 2. The molecule has 0 radical (unpaired) electrons. The maximum absolute atomic E-state index is 11.9. The van der Waals surface area contributed by atoms with Crippen LogP contribution in [0.1, 0.15) is 39.0 Å². The number of cyclic esters (lactones) is 2. The number of hydrogen-bond acceptors (Lipinski definition) is 6. The number of carbonyl (C=O) groups excluding carboxylic acids is 2. The summed E-state index contributed by atoms with van der Waals surface area (Å²) in [5.41, 5.74) is 0. The molecule has 0 spiro atoms. The Bertz CT molecular complexity index is 463. The van der Waals surface area contributed by atoms with Crippen LogP contribution < -0.4 is 0 Å². The van der Waals surface area contributed by atoms with E-state index in [2.05, 4.69) is 9.89 Å². The standard InChI is InChI=1S/C15H22N2O4/c1-10-14(18)21-12(15(19)20-10)8-11-4-2-6-17-7-3-5-16-13(17)9-11/h10-12H,2-9H2,1H3. The van der Waals surface area contributed by atoms with Gasteiger partial charge in [-0.1, -0.05) is 0 Å². The van der Waals surface area contributed by atoms with E-state index in [1.54, 1.807) is 0 Å². The lowest BCUT2D eigenvalue weighted by atomic mass is 9.93. The van der Waals surface area contributed by atoms with Crippen LogP contribution in [-0.2, 0) is 19.1 Å². The van der Waals surface area contributed by atoms with Crippen LogP contribution in [-0.4, -0.2) is 54.5 Å². The van der Waals surface area contributed by atoms with Gasteiger partial charge in [-0.2, -0.15) is 0 Å². The van der Waals surface area contributed by atoms with Gasteiger partial charge in [0.1, 0.15) is 0 Å². The van der Waals surface area contributed by atoms with Gasteiger partial charge in [-0.3, -0.25) is 4.99 Å². The van der Waals surface area contributed by atoms with Crippen molar-refractivity contribution in [3.63, 3.8) is 0 Å². The van der Waals surface area contributed by atoms with Crippen LogP contribution in [0.15, 0.2) is 4.99 Å². The summed E-state index contributed by atoms with van der Waals surface area (Å²) in [5.74, 6) is 0.636. The monoisotopic (exact) mass is 294 g/mol. The van der Waals surface area contributed by atoms with Gasteiger partial charge < -0.3 is 14.4 Å². The number of esters is 2. The smallest absolute Gasteiger partial charge is 0.348 e. The van der Waals surface area contributed by atoms with Crippen LogP contribution in [0.25, 0.3) is 0 Å². The molecule has 3 heterocycles. The van der Waals surface area contributed by atoms with E-state index in [0.29, 0.717) is 12.3 Å². The highest BCUT2D eigenvalue weighted by molar-refractivity contribution is 5.87. The average Bonchev–Trinajstić information content (AvgIpc) is 2.66. The van der Waals surface area contributed by atoms with Crippen LogP contribution in [0.5, 0.6) is 0 Å². The lowest BCUT2D eigenvalue weighted by Gasteiger charge is -2.29. The maximum Gasteiger partial charge on any atom is 0.348 e. The third-order valence-corrected chi connectivity index (χ3v) is 4.45. The molecule has 6 heteroatoms. The highest BCUT2D eigenvalue weighted by atomic mass is 16.6. The Morgan fingerprint density at radius 2 is 2.00 bits per heavy atom. The first kappa shape index (κ1) is 14.4. The molecule has 116 valence electrons. The van der Waals surface area contributed by atoms with Crippen molar-refractivity contribution in [2.75, 3.05) is 19.6 Å². The van der Waals surface area contributed by atoms with E-state index in [9.17, 15) is 9.59 Å². The summed E-state index contributed by atoms with van der Waals surface area (Å²) in [5, 5.41) is 0. The minimum atomic E-state index is -0.777. The van der Waals surface area contributed by atoms with Gasteiger partial charge in [0.25, 0.3) is 0 Å². The minimum absolute atomic E-state index is 0.325. The minimum Gasteiger partial charge on any atom is -0.448 e. The highest BCUT2D eigenvalue weighted by Crippen LogP contribution is 2.27. The van der Waals surface area contributed by atoms with E-state index in [-0.39, 0.29) is 0 Å². The molecule has 0 saturated carbocycles. The lowest BCUT2D eigenvalue weighted by molar-refractivity contribution is -0.194. The molecule has 0 aromatic carbocycles. The second-order valence-electron chi connectivity index (χ2n) is 6.09. The van der Waals surface area contributed by atoms with E-state index in [1.165, 1.54) is 6.92 Å². The van der Waals surface area contributed by atoms with Crippen molar-refractivity contribution in [1.29, 1.82) is 0 Å². The zero-order valence-corrected chi connectivity index (χ0v) is 12.4. The fraction of sp³-hybridized carbons (Fsp3) is 0.800. The Balaban J connectivity index is 1.63. The Labute approximate surface area is 124 Å². The first-order valence-corrected chi connectivity index (χ1v) is 7.83. The topological polar surface area (TPSA) is 68.2 Å². The van der Waals surface area contributed by atoms with Crippen molar-refractivity contribution in [2.24, 2.45) is 10.9 Å². The predicted molar refractivity (Wildman–Crippen MR) is 75.9 cm³/mol. The van der Waals surface area contributed by atoms with Crippen molar-refractivity contribution in [3.05, 3.63) is 0 Å². The Hall–Kier alpha value is -1.59. The SMILES string of the molecule is CC1OC(=O)C(CC2CCCN3CCCN=C3C2)OC1=O. The number of amidine groups is 1. The quantitative estimate of drug-likeness (QED) is 0.714. The number of aliphatic imine (C=N–C) groups is 1. The van der Waals surface area contributed by atoms with Crippen molar-refractivity contribution < 1.29 is 19.1 Å². The van der Waals surface area contributed by atoms with Crippen LogP contribution >= 0.6 is 0 Å². The van der Waals surface area contributed by atoms with Gasteiger partial charge in [0.2, 0.25) is 0 Å². The second-order valence-corrected chi connectivity index (χ2v) is 6.09. The van der Waals surface area contributed by atoms with Gasteiger partial charge in [0.15, 0.2) is 12.2 Å². The van der Waals surface area contributed by atoms with Crippen LogP contribution in [0.3, 0.4) is 0 Å². The van der Waals surface area contributed by atoms with Crippen LogP contribution in [0.2, 0.25) is 0 Å². The van der Waals surface area contributed by atoms with Crippen molar-refractivity contribution in [3.8, 4) is 0 Å². The van der Waals surface area contributed by atoms with Gasteiger partial charge in [-0.25, -0.2) is 9.59 Å². The summed E-state index contributed by atoms with van der Waals surface area (Å²) < 4.78 is 10.3. The summed E-state index contributed by atoms with van der Waals surface area (Å²) in [6, 6.07) is 0. The van der Waals surface area contributed by atoms with Crippen molar-refractivity contribution in [2.45, 2.75) is 51.2 Å². The highest BCUT2D eigenvalue weighted by Gasteiger charge is 2.37. The first-order chi connectivity index (χ1) is 10.1. The molecule has 3 atom stereocenters. The van der Waals surface area contributed by atoms with Gasteiger partial charge in [0.05, 0.1) is 5.84 Å². The summed E-state index contributed by atoms with van der Waals surface area (Å²) >= 11 is 0. The molecule has 0 aliphatic carbocycles. The van der Waals surface area contributed by atoms with Gasteiger partial charge in [0, 0.05) is 26.1 Å². The molecule has 0 amide bonds. The number of carbonyl (C=O) groups is 2. The third-order valence-electron chi connectivity index (χ3n) is 4.45. The van der Waals surface area contributed by atoms with E-state index in [1.807, 2.05) is 0 Å². The first-order valence-electron chi connectivity index (χ1n) is 7.83. The zero-order chi connectivity index (χ0) is 14.8. The Morgan fingerprint density at radius 3 is 2.86 bits per heavy atom. The Kier molecular flexibility index (Phi) is 4.12. The van der Waals surface area contributed by atoms with E-state index >= 15 is 0 Å². The largest absolute Gasteiger partial charge is 0.448 e. The molecule has 3 aliphatic rings. The van der Waals surface area contributed by atoms with Crippen molar-refractivity contribution in [1.82, 2.24) is 4.90 Å². The molecule has 0 bridgehead atoms. The molecule has 0 N–H and O–H groups in total. The molecule has 2 saturated heterocycles. The van der Waals surface area contributed by atoms with Crippen molar-refractivity contribution >= 4 is 17.8 Å². The van der Waals surface area contributed by atoms with Crippen LogP contribution in [0.4, 0.5) is 0 Å². The molecule has 2 fully saturated rings. The molecule has 6 nitrogen and oxygen atoms in total. The molecule has 0 aromatic rings. The molecule has 3 unspecified atom stereocenters. The second kappa shape index (κ2) is 6.03. The van der Waals surface area contributed by atoms with Gasteiger partial charge >= 0.3 is 11.9 Å². The number of hydrogen-bond donors (Lipinski definition) is 0. The van der Waals surface area contributed by atoms with E-state index in [0.717, 1.165) is 51.2 Å². The van der Waals surface area contributed by atoms with E-state index in [4.69, 9.17) is 9.47 Å². The molecular formula is C15H22N2O4. The fourth-order valence-electron chi connectivity index (χ4n) is 3.29. The maximum atomic E-state index is 11.9. The summed E-state index contributed by atoms with van der Waals surface area (Å²) in [7, 11) is 0. The molecule has 0 aromatic heterocycles. The lowest BCUT2D eigenvalue weighted by Crippen LogP contribution is -2.43. The molecular weight excluding hydrogens is 272 g/mol. The molecule has 3 rings (SSSR count). The van der Waals surface area contributed by atoms with Crippen LogP contribution in [0, 0.1) is 5.92 Å². The molecule has 21 heavy (non-hydrogen) atoms. The predicted octanol–water partition coefficient (Wildman–Crippen LogP) is 1.14. The van der Waals surface area contributed by atoms with Gasteiger partial charge in [-0.05, 0) is 38.5 Å². The summed E-state index contributed by atoms with van der Waals surface area (Å²) in [4.78, 5) is 30.4. The number of rotatable bonds is 2. The Morgan fingerprint density at radius 1 is 1.19 bits per heavy atom. The van der Waals surface area contributed by atoms with E-state index < -0.39 is 24.1 Å². The normalized spacial score (nSPS) is 33.5. The summed E-state index contributed by atoms with van der Waals surface area (Å²) in [6.45, 7) is 4.57. The third kappa shape index (κ3) is 3.19. The van der Waals surface area contributed by atoms with Gasteiger partial charge in [-0.15, -0.1) is 0 Å². The number of nitrogens with zero attached hydrogens (tertiary/aromatic N) is 2. The number of fused-ring (bicyclic) bond motifs is 1. The summed E-state index contributed by atoms with van der Waals surface area (Å²) in [6.07, 6.45) is 3.15. The zero-order valence-electron chi connectivity index (χ0n) is 12.4. The molecule has 3 aliphatic heterocycles. The average molecular weight is 294 g/mol.